The van der Waals surface area contributed by atoms with E-state index in [0.717, 1.165) is 54.5 Å². The molecule has 3 aromatic carbocycles. The molecule has 2 N–H and O–H groups in total. The number of nitrogens with zero attached hydrogens (tertiary/aromatic N) is 3. The number of hydrogen-bond donors (Lipinski definition) is 2. The van der Waals surface area contributed by atoms with E-state index in [2.05, 4.69) is 33.3 Å². The lowest BCUT2D eigenvalue weighted by molar-refractivity contribution is -0.120. The van der Waals surface area contributed by atoms with Crippen LogP contribution in [0, 0.1) is 0 Å². The van der Waals surface area contributed by atoms with Crippen molar-refractivity contribution in [2.75, 3.05) is 36.4 Å². The Morgan fingerprint density at radius 3 is 2.44 bits per heavy atom. The molecule has 174 valence electrons. The van der Waals surface area contributed by atoms with Gasteiger partial charge in [0.25, 0.3) is 0 Å². The van der Waals surface area contributed by atoms with Crippen LogP contribution in [0.1, 0.15) is 17.5 Å². The zero-order valence-corrected chi connectivity index (χ0v) is 20.0. The van der Waals surface area contributed by atoms with Crippen LogP contribution >= 0.6 is 11.3 Å². The number of phenolic OH excluding ortho intramolecular Hbond substituents is 1. The number of hydrogen-bond acceptors (Lipinski definition) is 6. The van der Waals surface area contributed by atoms with E-state index in [-0.39, 0.29) is 11.9 Å². The monoisotopic (exact) mass is 472 g/mol. The van der Waals surface area contributed by atoms with E-state index in [1.165, 1.54) is 10.3 Å². The molecular formula is C27H28N4O2S. The van der Waals surface area contributed by atoms with Gasteiger partial charge in [-0.15, -0.1) is 11.3 Å². The number of para-hydroxylation sites is 3. The molecule has 34 heavy (non-hydrogen) atoms. The maximum Gasteiger partial charge on any atom is 0.241 e. The summed E-state index contributed by atoms with van der Waals surface area (Å²) in [5, 5.41) is 14.3. The van der Waals surface area contributed by atoms with E-state index in [9.17, 15) is 9.90 Å². The first-order chi connectivity index (χ1) is 16.6. The lowest BCUT2D eigenvalue weighted by Crippen LogP contribution is -2.52. The van der Waals surface area contributed by atoms with Gasteiger partial charge in [0.15, 0.2) is 0 Å². The van der Waals surface area contributed by atoms with E-state index >= 15 is 0 Å². The second kappa shape index (κ2) is 9.83. The van der Waals surface area contributed by atoms with Crippen molar-refractivity contribution in [1.29, 1.82) is 0 Å². The number of phenols is 1. The largest absolute Gasteiger partial charge is 0.506 e. The zero-order valence-electron chi connectivity index (χ0n) is 19.1. The number of anilines is 2. The highest BCUT2D eigenvalue weighted by atomic mass is 32.1. The molecule has 0 radical (unpaired) electrons. The molecule has 1 aliphatic rings. The molecule has 1 amide bonds. The summed E-state index contributed by atoms with van der Waals surface area (Å²) in [6, 6.07) is 23.4. The minimum Gasteiger partial charge on any atom is -0.506 e. The van der Waals surface area contributed by atoms with Gasteiger partial charge in [-0.25, -0.2) is 4.98 Å². The van der Waals surface area contributed by atoms with Gasteiger partial charge >= 0.3 is 0 Å². The number of benzene rings is 3. The van der Waals surface area contributed by atoms with Crippen LogP contribution in [0.2, 0.25) is 0 Å². The normalized spacial score (nSPS) is 15.4. The number of thiazole rings is 1. The van der Waals surface area contributed by atoms with Crippen molar-refractivity contribution in [1.82, 2.24) is 9.88 Å². The predicted octanol–water partition coefficient (Wildman–Crippen LogP) is 4.74. The van der Waals surface area contributed by atoms with Crippen LogP contribution in [-0.2, 0) is 11.2 Å². The number of carbonyl (C=O) groups is 1. The van der Waals surface area contributed by atoms with Crippen LogP contribution in [0.25, 0.3) is 10.2 Å². The molecule has 1 saturated heterocycles. The standard InChI is InChI=1S/C27H28N4O2S/c1-19(30-14-16-31(17-15-30)23-7-3-4-8-24(23)32)27(33)28-21-12-10-20(11-13-21)18-26-29-22-6-2-5-9-25(22)34-26/h2-13,19,32H,14-18H2,1H3,(H,28,33)/t19-/m0/s1. The second-order valence-corrected chi connectivity index (χ2v) is 9.74. The Bertz CT molecular complexity index is 1250. The maximum absolute atomic E-state index is 12.9. The molecule has 1 atom stereocenters. The van der Waals surface area contributed by atoms with Gasteiger partial charge in [0.2, 0.25) is 5.91 Å². The Kier molecular flexibility index (Phi) is 6.47. The minimum absolute atomic E-state index is 0.00469. The van der Waals surface area contributed by atoms with E-state index < -0.39 is 0 Å². The fourth-order valence-corrected chi connectivity index (χ4v) is 5.37. The van der Waals surface area contributed by atoms with Gasteiger partial charge in [-0.05, 0) is 48.9 Å². The highest BCUT2D eigenvalue weighted by Gasteiger charge is 2.26. The lowest BCUT2D eigenvalue weighted by atomic mass is 10.1. The van der Waals surface area contributed by atoms with Crippen molar-refractivity contribution in [2.45, 2.75) is 19.4 Å². The Morgan fingerprint density at radius 2 is 1.71 bits per heavy atom. The van der Waals surface area contributed by atoms with Crippen molar-refractivity contribution < 1.29 is 9.90 Å². The van der Waals surface area contributed by atoms with E-state index in [1.54, 1.807) is 17.4 Å². The third kappa shape index (κ3) is 4.90. The van der Waals surface area contributed by atoms with E-state index in [4.69, 9.17) is 4.98 Å². The van der Waals surface area contributed by atoms with Crippen LogP contribution in [0.4, 0.5) is 11.4 Å². The number of rotatable bonds is 6. The Morgan fingerprint density at radius 1 is 1.00 bits per heavy atom. The van der Waals surface area contributed by atoms with Gasteiger partial charge in [-0.3, -0.25) is 9.69 Å². The molecule has 2 heterocycles. The predicted molar refractivity (Wildman–Crippen MR) is 139 cm³/mol. The van der Waals surface area contributed by atoms with Gasteiger partial charge in [0.1, 0.15) is 5.75 Å². The Balaban J connectivity index is 1.15. The van der Waals surface area contributed by atoms with Crippen molar-refractivity contribution in [3.8, 4) is 5.75 Å². The molecule has 1 fully saturated rings. The van der Waals surface area contributed by atoms with Gasteiger partial charge in [-0.2, -0.15) is 0 Å². The average Bonchev–Trinajstić information content (AvgIpc) is 3.27. The summed E-state index contributed by atoms with van der Waals surface area (Å²) in [5.74, 6) is 0.295. The van der Waals surface area contributed by atoms with Crippen LogP contribution in [0.15, 0.2) is 72.8 Å². The first-order valence-corrected chi connectivity index (χ1v) is 12.4. The van der Waals surface area contributed by atoms with Crippen molar-refractivity contribution in [3.63, 3.8) is 0 Å². The smallest absolute Gasteiger partial charge is 0.241 e. The van der Waals surface area contributed by atoms with Crippen LogP contribution in [0.3, 0.4) is 0 Å². The van der Waals surface area contributed by atoms with Crippen LogP contribution in [-0.4, -0.2) is 53.1 Å². The minimum atomic E-state index is -0.228. The number of piperazine rings is 1. The zero-order chi connectivity index (χ0) is 23.5. The summed E-state index contributed by atoms with van der Waals surface area (Å²) in [6.45, 7) is 5.03. The molecule has 0 bridgehead atoms. The van der Waals surface area contributed by atoms with Crippen molar-refractivity contribution >= 4 is 38.8 Å². The second-order valence-electron chi connectivity index (χ2n) is 8.63. The van der Waals surface area contributed by atoms with E-state index in [0.29, 0.717) is 5.75 Å². The molecule has 1 aromatic heterocycles. The molecule has 0 unspecified atom stereocenters. The van der Waals surface area contributed by atoms with Gasteiger partial charge in [0, 0.05) is 38.3 Å². The highest BCUT2D eigenvalue weighted by Crippen LogP contribution is 2.28. The first kappa shape index (κ1) is 22.4. The van der Waals surface area contributed by atoms with Gasteiger partial charge in [-0.1, -0.05) is 36.4 Å². The Labute approximate surface area is 203 Å². The third-order valence-electron chi connectivity index (χ3n) is 6.38. The number of nitrogens with one attached hydrogen (secondary N) is 1. The number of aromatic nitrogens is 1. The lowest BCUT2D eigenvalue weighted by Gasteiger charge is -2.38. The van der Waals surface area contributed by atoms with E-state index in [1.807, 2.05) is 55.5 Å². The van der Waals surface area contributed by atoms with Crippen molar-refractivity contribution in [2.24, 2.45) is 0 Å². The topological polar surface area (TPSA) is 68.7 Å². The molecule has 7 heteroatoms. The summed E-state index contributed by atoms with van der Waals surface area (Å²) in [5.41, 5.74) is 3.87. The number of amides is 1. The molecule has 0 saturated carbocycles. The summed E-state index contributed by atoms with van der Waals surface area (Å²) < 4.78 is 1.21. The van der Waals surface area contributed by atoms with Gasteiger partial charge < -0.3 is 15.3 Å². The molecule has 6 nitrogen and oxygen atoms in total. The summed E-state index contributed by atoms with van der Waals surface area (Å²) in [4.78, 5) is 21.9. The number of fused-ring (bicyclic) bond motifs is 1. The Hall–Kier alpha value is -3.42. The van der Waals surface area contributed by atoms with Gasteiger partial charge in [0.05, 0.1) is 27.0 Å². The molecule has 0 spiro atoms. The molecule has 4 aromatic rings. The maximum atomic E-state index is 12.9. The summed E-state index contributed by atoms with van der Waals surface area (Å²) >= 11 is 1.72. The van der Waals surface area contributed by atoms with Crippen LogP contribution < -0.4 is 10.2 Å². The fraction of sp³-hybridized carbons (Fsp3) is 0.259. The fourth-order valence-electron chi connectivity index (χ4n) is 4.37. The average molecular weight is 473 g/mol. The molecule has 0 aliphatic carbocycles. The highest BCUT2D eigenvalue weighted by molar-refractivity contribution is 7.18. The number of aromatic hydroxyl groups is 1. The summed E-state index contributed by atoms with van der Waals surface area (Å²) in [6.07, 6.45) is 0.783. The number of carbonyl (C=O) groups excluding carboxylic acids is 1. The first-order valence-electron chi connectivity index (χ1n) is 11.6. The van der Waals surface area contributed by atoms with Crippen molar-refractivity contribution in [3.05, 3.63) is 83.4 Å². The third-order valence-corrected chi connectivity index (χ3v) is 7.42. The molecule has 1 aliphatic heterocycles. The molecule has 5 rings (SSSR count). The van der Waals surface area contributed by atoms with Crippen LogP contribution in [0.5, 0.6) is 5.75 Å². The SMILES string of the molecule is C[C@@H](C(=O)Nc1ccc(Cc2nc3ccccc3s2)cc1)N1CCN(c2ccccc2O)CC1. The quantitative estimate of drug-likeness (QED) is 0.424. The summed E-state index contributed by atoms with van der Waals surface area (Å²) in [7, 11) is 0. The molecular weight excluding hydrogens is 444 g/mol.